The minimum atomic E-state index is -4.51. The van der Waals surface area contributed by atoms with Crippen LogP contribution in [0.5, 0.6) is 0 Å². The highest BCUT2D eigenvalue weighted by atomic mass is 19.4. The Morgan fingerprint density at radius 1 is 1.22 bits per heavy atom. The molecule has 0 saturated heterocycles. The van der Waals surface area contributed by atoms with Crippen molar-refractivity contribution in [1.29, 1.82) is 0 Å². The van der Waals surface area contributed by atoms with Gasteiger partial charge in [-0.2, -0.15) is 13.2 Å². The first-order valence-electron chi connectivity index (χ1n) is 6.50. The summed E-state index contributed by atoms with van der Waals surface area (Å²) in [6, 6.07) is 4.20. The first-order valence-corrected chi connectivity index (χ1v) is 6.50. The molecular formula is C13H17F3N2O5. The summed E-state index contributed by atoms with van der Waals surface area (Å²) in [7, 11) is 0. The number of alkyl halides is 3. The molecule has 1 aromatic rings. The van der Waals surface area contributed by atoms with Gasteiger partial charge in [0.25, 0.3) is 0 Å². The topological polar surface area (TPSA) is 122 Å². The molecule has 0 aliphatic heterocycles. The summed E-state index contributed by atoms with van der Waals surface area (Å²) in [6.07, 6.45) is -10.0. The van der Waals surface area contributed by atoms with Gasteiger partial charge in [0.2, 0.25) is 0 Å². The number of anilines is 1. The monoisotopic (exact) mass is 338 g/mol. The van der Waals surface area contributed by atoms with E-state index in [0.29, 0.717) is 0 Å². The van der Waals surface area contributed by atoms with Crippen molar-refractivity contribution in [3.8, 4) is 0 Å². The minimum Gasteiger partial charge on any atom is -0.394 e. The number of rotatable bonds is 8. The number of hydrazine groups is 1. The third kappa shape index (κ3) is 5.77. The largest absolute Gasteiger partial charge is 0.416 e. The van der Waals surface area contributed by atoms with E-state index in [4.69, 9.17) is 10.2 Å². The van der Waals surface area contributed by atoms with Gasteiger partial charge in [-0.05, 0) is 18.2 Å². The van der Waals surface area contributed by atoms with E-state index in [1.165, 1.54) is 12.1 Å². The van der Waals surface area contributed by atoms with E-state index in [1.54, 1.807) is 0 Å². The van der Waals surface area contributed by atoms with Crippen LogP contribution in [-0.4, -0.2) is 57.7 Å². The zero-order chi connectivity index (χ0) is 17.6. The molecule has 0 spiro atoms. The van der Waals surface area contributed by atoms with Crippen LogP contribution in [-0.2, 0) is 11.0 Å². The Morgan fingerprint density at radius 3 is 2.43 bits per heavy atom. The lowest BCUT2D eigenvalue weighted by Gasteiger charge is -2.20. The van der Waals surface area contributed by atoms with Gasteiger partial charge in [0, 0.05) is 5.69 Å². The Bertz CT molecular complexity index is 527. The van der Waals surface area contributed by atoms with Crippen LogP contribution >= 0.6 is 0 Å². The van der Waals surface area contributed by atoms with E-state index in [-0.39, 0.29) is 5.69 Å². The number of nitrogens with one attached hydrogen (secondary N) is 2. The summed E-state index contributed by atoms with van der Waals surface area (Å²) < 4.78 is 37.5. The highest BCUT2D eigenvalue weighted by Gasteiger charge is 2.31. The molecule has 3 atom stereocenters. The van der Waals surface area contributed by atoms with Crippen LogP contribution in [0.15, 0.2) is 24.3 Å². The van der Waals surface area contributed by atoms with Crippen molar-refractivity contribution in [2.75, 3.05) is 18.6 Å². The smallest absolute Gasteiger partial charge is 0.394 e. The molecule has 0 amide bonds. The maximum absolute atomic E-state index is 12.5. The average molecular weight is 338 g/mol. The van der Waals surface area contributed by atoms with Gasteiger partial charge in [0.05, 0.1) is 18.7 Å². The van der Waals surface area contributed by atoms with Gasteiger partial charge >= 0.3 is 6.18 Å². The van der Waals surface area contributed by atoms with Gasteiger partial charge < -0.3 is 25.9 Å². The number of Topliss-reactive ketones (excluding diaryl/α,β-unsaturated/α-hetero) is 1. The second kappa shape index (κ2) is 8.22. The second-order valence-corrected chi connectivity index (χ2v) is 4.71. The number of hydrogen-bond acceptors (Lipinski definition) is 7. The first kappa shape index (κ1) is 19.3. The summed E-state index contributed by atoms with van der Waals surface area (Å²) >= 11 is 0. The summed E-state index contributed by atoms with van der Waals surface area (Å²) in [5.41, 5.74) is 3.80. The van der Waals surface area contributed by atoms with Gasteiger partial charge in [-0.1, -0.05) is 6.07 Å². The van der Waals surface area contributed by atoms with Crippen LogP contribution in [0.4, 0.5) is 18.9 Å². The molecule has 130 valence electrons. The van der Waals surface area contributed by atoms with Crippen LogP contribution in [0, 0.1) is 0 Å². The zero-order valence-corrected chi connectivity index (χ0v) is 11.8. The molecule has 0 radical (unpaired) electrons. The first-order chi connectivity index (χ1) is 10.7. The number of benzene rings is 1. The molecule has 0 saturated carbocycles. The van der Waals surface area contributed by atoms with Crippen molar-refractivity contribution in [1.82, 2.24) is 5.43 Å². The quantitative estimate of drug-likeness (QED) is 0.345. The molecule has 1 rings (SSSR count). The summed E-state index contributed by atoms with van der Waals surface area (Å²) in [5, 5.41) is 36.5. The van der Waals surface area contributed by atoms with E-state index >= 15 is 0 Å². The lowest BCUT2D eigenvalue weighted by atomic mass is 10.1. The molecule has 1 aromatic carbocycles. The molecule has 0 aliphatic carbocycles. The van der Waals surface area contributed by atoms with Gasteiger partial charge in [-0.25, -0.2) is 5.43 Å². The van der Waals surface area contributed by atoms with Crippen LogP contribution in [0.25, 0.3) is 0 Å². The highest BCUT2D eigenvalue weighted by molar-refractivity contribution is 5.85. The number of aliphatic hydroxyl groups excluding tert-OH is 4. The lowest BCUT2D eigenvalue weighted by Crippen LogP contribution is -2.47. The number of ketones is 1. The zero-order valence-electron chi connectivity index (χ0n) is 11.8. The van der Waals surface area contributed by atoms with Gasteiger partial charge in [0.15, 0.2) is 5.78 Å². The Hall–Kier alpha value is -1.72. The number of carbonyl (C=O) groups is 1. The third-order valence-corrected chi connectivity index (χ3v) is 2.92. The maximum Gasteiger partial charge on any atom is 0.416 e. The van der Waals surface area contributed by atoms with Crippen LogP contribution in [0.2, 0.25) is 0 Å². The molecular weight excluding hydrogens is 321 g/mol. The van der Waals surface area contributed by atoms with Crippen molar-refractivity contribution in [3.05, 3.63) is 29.8 Å². The lowest BCUT2D eigenvalue weighted by molar-refractivity contribution is -0.139. The molecule has 0 aliphatic rings. The molecule has 7 nitrogen and oxygen atoms in total. The van der Waals surface area contributed by atoms with Crippen LogP contribution in [0.1, 0.15) is 5.56 Å². The highest BCUT2D eigenvalue weighted by Crippen LogP contribution is 2.30. The molecule has 10 heteroatoms. The third-order valence-electron chi connectivity index (χ3n) is 2.92. The Kier molecular flexibility index (Phi) is 6.91. The fourth-order valence-corrected chi connectivity index (χ4v) is 1.62. The van der Waals surface area contributed by atoms with E-state index in [1.807, 2.05) is 0 Å². The maximum atomic E-state index is 12.5. The molecule has 0 heterocycles. The fraction of sp³-hybridized carbons (Fsp3) is 0.462. The number of carbonyl (C=O) groups excluding carboxylic acids is 1. The minimum absolute atomic E-state index is 0.0399. The number of halogens is 3. The van der Waals surface area contributed by atoms with Crippen molar-refractivity contribution < 1.29 is 38.4 Å². The normalized spacial score (nSPS) is 15.8. The van der Waals surface area contributed by atoms with Crippen LogP contribution in [0.3, 0.4) is 0 Å². The second-order valence-electron chi connectivity index (χ2n) is 4.71. The van der Waals surface area contributed by atoms with E-state index in [9.17, 15) is 28.2 Å². The summed E-state index contributed by atoms with van der Waals surface area (Å²) in [5.74, 6) is -0.926. The fourth-order valence-electron chi connectivity index (χ4n) is 1.62. The molecule has 0 bridgehead atoms. The Labute approximate surface area is 129 Å². The van der Waals surface area contributed by atoms with Crippen molar-refractivity contribution >= 4 is 11.5 Å². The van der Waals surface area contributed by atoms with Gasteiger partial charge in [-0.3, -0.25) is 4.79 Å². The van der Waals surface area contributed by atoms with E-state index in [2.05, 4.69) is 10.9 Å². The van der Waals surface area contributed by atoms with Crippen LogP contribution < -0.4 is 10.9 Å². The molecule has 0 aromatic heterocycles. The molecule has 0 fully saturated rings. The predicted octanol–water partition coefficient (Wildman–Crippen LogP) is -0.734. The van der Waals surface area contributed by atoms with Crippen molar-refractivity contribution in [2.45, 2.75) is 24.5 Å². The standard InChI is InChI=1S/C13H17F3N2O5/c14-13(15,16)7-2-1-3-8(4-7)18-17-5-9(20)11(22)12(23)10(21)6-19/h1-4,10-12,17-19,21-23H,5-6H2/t10-,11-,12-/m1/s1. The van der Waals surface area contributed by atoms with E-state index in [0.717, 1.165) is 12.1 Å². The summed E-state index contributed by atoms with van der Waals surface area (Å²) in [6.45, 7) is -1.38. The van der Waals surface area contributed by atoms with Gasteiger partial charge in [-0.15, -0.1) is 0 Å². The van der Waals surface area contributed by atoms with Gasteiger partial charge in [0.1, 0.15) is 18.3 Å². The van der Waals surface area contributed by atoms with E-state index < -0.39 is 49.0 Å². The Morgan fingerprint density at radius 2 is 1.87 bits per heavy atom. The Balaban J connectivity index is 2.52. The number of aliphatic hydroxyl groups is 4. The SMILES string of the molecule is O=C(CNNc1cccc(C(F)(F)F)c1)[C@@H](O)[C@H](O)[C@H](O)CO. The molecule has 6 N–H and O–H groups in total. The number of hydrogen-bond donors (Lipinski definition) is 6. The molecule has 0 unspecified atom stereocenters. The molecule has 23 heavy (non-hydrogen) atoms. The van der Waals surface area contributed by atoms with Crippen molar-refractivity contribution in [2.24, 2.45) is 0 Å². The summed E-state index contributed by atoms with van der Waals surface area (Å²) in [4.78, 5) is 11.5. The average Bonchev–Trinajstić information content (AvgIpc) is 2.52. The van der Waals surface area contributed by atoms with Crippen molar-refractivity contribution in [3.63, 3.8) is 0 Å². The predicted molar refractivity (Wildman–Crippen MR) is 73.2 cm³/mol.